The number of hydrogen-bond acceptors (Lipinski definition) is 5. The van der Waals surface area contributed by atoms with Gasteiger partial charge in [-0.15, -0.1) is 0 Å². The Morgan fingerprint density at radius 3 is 1.50 bits per heavy atom. The molecule has 2 unspecified atom stereocenters. The van der Waals surface area contributed by atoms with Crippen LogP contribution in [0.5, 0.6) is 11.5 Å². The van der Waals surface area contributed by atoms with Crippen molar-refractivity contribution in [2.75, 3.05) is 18.1 Å². The number of unbranched alkanes of at least 4 members (excludes halogenated alkanes) is 2. The molecule has 0 saturated carbocycles. The van der Waals surface area contributed by atoms with Crippen LogP contribution in [0.4, 0.5) is 17.1 Å². The van der Waals surface area contributed by atoms with Gasteiger partial charge in [-0.25, -0.2) is 4.79 Å². The van der Waals surface area contributed by atoms with Crippen molar-refractivity contribution in [2.24, 2.45) is 11.8 Å². The van der Waals surface area contributed by atoms with Crippen LogP contribution in [-0.4, -0.2) is 24.3 Å². The van der Waals surface area contributed by atoms with Crippen molar-refractivity contribution in [3.05, 3.63) is 83.9 Å². The van der Waals surface area contributed by atoms with Crippen molar-refractivity contribution < 1.29 is 19.4 Å². The van der Waals surface area contributed by atoms with Crippen LogP contribution in [0.1, 0.15) is 84.6 Å². The SMILES string of the molecule is CCCCC(CC)COc1ccc(N(c2ccc(/C=C(/C#N)C(=O)O)cc2)c2ccc(OCC(CC)CCCC)cc2)cc1. The minimum absolute atomic E-state index is 0.305. The topological polar surface area (TPSA) is 82.8 Å². The van der Waals surface area contributed by atoms with Gasteiger partial charge in [-0.2, -0.15) is 5.26 Å². The Morgan fingerprint density at radius 2 is 1.16 bits per heavy atom. The zero-order valence-corrected chi connectivity index (χ0v) is 26.8. The van der Waals surface area contributed by atoms with E-state index in [0.29, 0.717) is 30.6 Å². The molecule has 0 aromatic heterocycles. The van der Waals surface area contributed by atoms with Gasteiger partial charge in [0.05, 0.1) is 13.2 Å². The maximum Gasteiger partial charge on any atom is 0.346 e. The number of ether oxygens (including phenoxy) is 2. The minimum atomic E-state index is -1.24. The number of benzene rings is 3. The van der Waals surface area contributed by atoms with Gasteiger partial charge in [0.25, 0.3) is 0 Å². The maximum atomic E-state index is 11.3. The number of nitriles is 1. The molecule has 0 fully saturated rings. The van der Waals surface area contributed by atoms with E-state index in [1.54, 1.807) is 6.07 Å². The zero-order chi connectivity index (χ0) is 31.7. The lowest BCUT2D eigenvalue weighted by molar-refractivity contribution is -0.132. The lowest BCUT2D eigenvalue weighted by Crippen LogP contribution is -2.12. The fourth-order valence-corrected chi connectivity index (χ4v) is 5.08. The number of carboxylic acid groups (broad SMARTS) is 1. The largest absolute Gasteiger partial charge is 0.493 e. The molecule has 0 saturated heterocycles. The Labute approximate surface area is 263 Å². The van der Waals surface area contributed by atoms with Crippen LogP contribution >= 0.6 is 0 Å². The van der Waals surface area contributed by atoms with Crippen LogP contribution in [0.15, 0.2) is 78.4 Å². The van der Waals surface area contributed by atoms with E-state index in [1.807, 2.05) is 48.5 Å². The van der Waals surface area contributed by atoms with E-state index in [9.17, 15) is 9.90 Å². The molecule has 0 amide bonds. The van der Waals surface area contributed by atoms with Gasteiger partial charge in [0.1, 0.15) is 23.1 Å². The Hall–Kier alpha value is -4.24. The van der Waals surface area contributed by atoms with E-state index in [1.165, 1.54) is 44.6 Å². The van der Waals surface area contributed by atoms with Gasteiger partial charge in [0.2, 0.25) is 0 Å². The Kier molecular flexibility index (Phi) is 14.3. The van der Waals surface area contributed by atoms with Crippen molar-refractivity contribution in [2.45, 2.75) is 79.1 Å². The predicted octanol–water partition coefficient (Wildman–Crippen LogP) is 10.3. The summed E-state index contributed by atoms with van der Waals surface area (Å²) >= 11 is 0. The first-order chi connectivity index (χ1) is 21.4. The normalized spacial score (nSPS) is 12.7. The first kappa shape index (κ1) is 34.3. The molecule has 0 bridgehead atoms. The molecule has 2 atom stereocenters. The summed E-state index contributed by atoms with van der Waals surface area (Å²) in [7, 11) is 0. The van der Waals surface area contributed by atoms with Crippen molar-refractivity contribution in [1.29, 1.82) is 5.26 Å². The number of rotatable bonds is 19. The van der Waals surface area contributed by atoms with E-state index >= 15 is 0 Å². The average Bonchev–Trinajstić information content (AvgIpc) is 3.05. The van der Waals surface area contributed by atoms with E-state index in [2.05, 4.69) is 56.9 Å². The molecule has 3 aromatic rings. The number of carbonyl (C=O) groups is 1. The molecular formula is C38H48N2O4. The summed E-state index contributed by atoms with van der Waals surface area (Å²) in [6.45, 7) is 10.3. The number of aliphatic carboxylic acids is 1. The fourth-order valence-electron chi connectivity index (χ4n) is 5.08. The van der Waals surface area contributed by atoms with Crippen LogP contribution in [0.25, 0.3) is 6.08 Å². The van der Waals surface area contributed by atoms with Gasteiger partial charge < -0.3 is 19.5 Å². The van der Waals surface area contributed by atoms with Gasteiger partial charge >= 0.3 is 5.97 Å². The van der Waals surface area contributed by atoms with Crippen molar-refractivity contribution >= 4 is 29.1 Å². The Balaban J connectivity index is 1.86. The third kappa shape index (κ3) is 10.5. The Bertz CT molecular complexity index is 1280. The second-order valence-corrected chi connectivity index (χ2v) is 11.3. The molecule has 0 aliphatic carbocycles. The van der Waals surface area contributed by atoms with Crippen LogP contribution in [0.2, 0.25) is 0 Å². The highest BCUT2D eigenvalue weighted by Crippen LogP contribution is 2.36. The molecule has 3 aromatic carbocycles. The van der Waals surface area contributed by atoms with Gasteiger partial charge in [-0.3, -0.25) is 0 Å². The summed E-state index contributed by atoms with van der Waals surface area (Å²) in [5, 5.41) is 18.4. The van der Waals surface area contributed by atoms with Gasteiger partial charge in [-0.1, -0.05) is 78.4 Å². The molecule has 3 rings (SSSR count). The smallest absolute Gasteiger partial charge is 0.346 e. The van der Waals surface area contributed by atoms with E-state index < -0.39 is 5.97 Å². The molecule has 44 heavy (non-hydrogen) atoms. The molecule has 1 N–H and O–H groups in total. The van der Waals surface area contributed by atoms with Crippen molar-refractivity contribution in [1.82, 2.24) is 0 Å². The average molecular weight is 597 g/mol. The molecular weight excluding hydrogens is 548 g/mol. The van der Waals surface area contributed by atoms with Crippen LogP contribution < -0.4 is 14.4 Å². The summed E-state index contributed by atoms with van der Waals surface area (Å²) < 4.78 is 12.3. The monoisotopic (exact) mass is 596 g/mol. The van der Waals surface area contributed by atoms with Crippen molar-refractivity contribution in [3.8, 4) is 17.6 Å². The summed E-state index contributed by atoms with van der Waals surface area (Å²) in [5.74, 6) is 1.56. The first-order valence-electron chi connectivity index (χ1n) is 16.1. The third-order valence-corrected chi connectivity index (χ3v) is 8.06. The standard InChI is InChI=1S/C38H48N2O4/c1-5-9-11-29(7-3)27-43-36-21-17-34(18-22-36)40(33-15-13-31(14-16-33)25-32(26-39)38(41)42)35-19-23-37(24-20-35)44-28-30(8-4)12-10-6-2/h13-25,29-30H,5-12,27-28H2,1-4H3,(H,41,42)/b32-25-. The van der Waals surface area contributed by atoms with Crippen LogP contribution in [-0.2, 0) is 4.79 Å². The fraction of sp³-hybridized carbons (Fsp3) is 0.421. The third-order valence-electron chi connectivity index (χ3n) is 8.06. The summed E-state index contributed by atoms with van der Waals surface area (Å²) in [5.41, 5.74) is 3.15. The lowest BCUT2D eigenvalue weighted by atomic mass is 10.0. The molecule has 234 valence electrons. The van der Waals surface area contributed by atoms with E-state index in [-0.39, 0.29) is 5.57 Å². The molecule has 0 aliphatic rings. The molecule has 0 radical (unpaired) electrons. The lowest BCUT2D eigenvalue weighted by Gasteiger charge is -2.26. The quantitative estimate of drug-likeness (QED) is 0.109. The van der Waals surface area contributed by atoms with Crippen molar-refractivity contribution in [3.63, 3.8) is 0 Å². The highest BCUT2D eigenvalue weighted by molar-refractivity contribution is 5.96. The Morgan fingerprint density at radius 1 is 0.750 bits per heavy atom. The molecule has 0 spiro atoms. The summed E-state index contributed by atoms with van der Waals surface area (Å²) in [6.07, 6.45) is 10.8. The highest BCUT2D eigenvalue weighted by atomic mass is 16.5. The van der Waals surface area contributed by atoms with Gasteiger partial charge in [-0.05, 0) is 97.0 Å². The minimum Gasteiger partial charge on any atom is -0.493 e. The number of hydrogen-bond donors (Lipinski definition) is 1. The van der Waals surface area contributed by atoms with E-state index in [0.717, 1.165) is 41.4 Å². The summed E-state index contributed by atoms with van der Waals surface area (Å²) in [6, 6.07) is 25.5. The van der Waals surface area contributed by atoms with Gasteiger partial charge in [0, 0.05) is 17.1 Å². The number of anilines is 3. The molecule has 6 nitrogen and oxygen atoms in total. The summed E-state index contributed by atoms with van der Waals surface area (Å²) in [4.78, 5) is 13.4. The second-order valence-electron chi connectivity index (χ2n) is 11.3. The van der Waals surface area contributed by atoms with Crippen LogP contribution in [0, 0.1) is 23.2 Å². The predicted molar refractivity (Wildman–Crippen MR) is 180 cm³/mol. The van der Waals surface area contributed by atoms with Crippen LogP contribution in [0.3, 0.4) is 0 Å². The first-order valence-corrected chi connectivity index (χ1v) is 16.1. The number of nitrogens with zero attached hydrogens (tertiary/aromatic N) is 2. The second kappa shape index (κ2) is 18.4. The molecule has 0 heterocycles. The number of carboxylic acids is 1. The van der Waals surface area contributed by atoms with E-state index in [4.69, 9.17) is 14.7 Å². The molecule has 0 aliphatic heterocycles. The molecule has 6 heteroatoms. The van der Waals surface area contributed by atoms with Gasteiger partial charge in [0.15, 0.2) is 0 Å². The zero-order valence-electron chi connectivity index (χ0n) is 26.8. The highest BCUT2D eigenvalue weighted by Gasteiger charge is 2.15. The maximum absolute atomic E-state index is 11.3.